The number of aromatic nitrogens is 2. The Bertz CT molecular complexity index is 517. The summed E-state index contributed by atoms with van der Waals surface area (Å²) in [5.41, 5.74) is 2.19. The van der Waals surface area contributed by atoms with Gasteiger partial charge in [0.25, 0.3) is 0 Å². The van der Waals surface area contributed by atoms with Crippen LogP contribution in [0.4, 0.5) is 5.95 Å². The van der Waals surface area contributed by atoms with Crippen LogP contribution in [-0.4, -0.2) is 22.4 Å². The molecule has 0 amide bonds. The van der Waals surface area contributed by atoms with E-state index in [1.54, 1.807) is 11.8 Å². The maximum absolute atomic E-state index is 4.55. The molecule has 0 spiro atoms. The second kappa shape index (κ2) is 6.66. The van der Waals surface area contributed by atoms with Gasteiger partial charge >= 0.3 is 0 Å². The second-order valence-corrected chi connectivity index (χ2v) is 5.43. The molecule has 102 valence electrons. The molecule has 0 saturated carbocycles. The van der Waals surface area contributed by atoms with Crippen LogP contribution in [0.3, 0.4) is 0 Å². The molecule has 19 heavy (non-hydrogen) atoms. The lowest BCUT2D eigenvalue weighted by atomic mass is 10.3. The Kier molecular flexibility index (Phi) is 4.91. The quantitative estimate of drug-likeness (QED) is 0.635. The van der Waals surface area contributed by atoms with Gasteiger partial charge in [-0.2, -0.15) is 0 Å². The zero-order chi connectivity index (χ0) is 13.7. The topological polar surface area (TPSA) is 29.9 Å². The molecule has 0 aliphatic carbocycles. The highest BCUT2D eigenvalue weighted by Crippen LogP contribution is 2.20. The number of unbranched alkanes of at least 4 members (excludes halogenated alkanes) is 1. The molecule has 0 saturated heterocycles. The smallest absolute Gasteiger partial charge is 0.207 e. The molecule has 2 rings (SSSR count). The Hall–Kier alpha value is -1.42. The number of thioether (sulfide) groups is 1. The van der Waals surface area contributed by atoms with E-state index in [1.165, 1.54) is 11.3 Å². The fourth-order valence-corrected chi connectivity index (χ4v) is 2.35. The molecule has 0 aliphatic heterocycles. The van der Waals surface area contributed by atoms with Gasteiger partial charge in [0.05, 0.1) is 5.69 Å². The van der Waals surface area contributed by atoms with Gasteiger partial charge in [0.1, 0.15) is 0 Å². The standard InChI is InChI=1S/C15H21N3S/c1-4-5-10-16-15-17-12(2)11-18(15)13-6-8-14(19-3)9-7-13/h6-9,11H,4-5,10H2,1-3H3,(H,16,17). The summed E-state index contributed by atoms with van der Waals surface area (Å²) in [6.45, 7) is 5.19. The maximum Gasteiger partial charge on any atom is 0.207 e. The van der Waals surface area contributed by atoms with E-state index >= 15 is 0 Å². The number of rotatable bonds is 6. The third-order valence-corrected chi connectivity index (χ3v) is 3.73. The van der Waals surface area contributed by atoms with Crippen molar-refractivity contribution >= 4 is 17.7 Å². The van der Waals surface area contributed by atoms with Gasteiger partial charge in [-0.1, -0.05) is 13.3 Å². The van der Waals surface area contributed by atoms with Gasteiger partial charge in [0, 0.05) is 23.3 Å². The van der Waals surface area contributed by atoms with Crippen molar-refractivity contribution in [3.8, 4) is 5.69 Å². The first-order chi connectivity index (χ1) is 9.24. The summed E-state index contributed by atoms with van der Waals surface area (Å²) >= 11 is 1.76. The largest absolute Gasteiger partial charge is 0.355 e. The summed E-state index contributed by atoms with van der Waals surface area (Å²) < 4.78 is 2.12. The van der Waals surface area contributed by atoms with Crippen molar-refractivity contribution in [2.45, 2.75) is 31.6 Å². The van der Waals surface area contributed by atoms with Crippen LogP contribution in [0, 0.1) is 6.92 Å². The number of benzene rings is 1. The van der Waals surface area contributed by atoms with Crippen LogP contribution < -0.4 is 5.32 Å². The normalized spacial score (nSPS) is 10.7. The third-order valence-electron chi connectivity index (χ3n) is 2.99. The van der Waals surface area contributed by atoms with Gasteiger partial charge in [0.15, 0.2) is 0 Å². The van der Waals surface area contributed by atoms with Crippen LogP contribution in [0.5, 0.6) is 0 Å². The lowest BCUT2D eigenvalue weighted by Crippen LogP contribution is -2.07. The van der Waals surface area contributed by atoms with Crippen LogP contribution >= 0.6 is 11.8 Å². The second-order valence-electron chi connectivity index (χ2n) is 4.55. The number of hydrogen-bond donors (Lipinski definition) is 1. The van der Waals surface area contributed by atoms with Gasteiger partial charge in [-0.15, -0.1) is 11.8 Å². The molecule has 0 bridgehead atoms. The van der Waals surface area contributed by atoms with Gasteiger partial charge in [-0.05, 0) is 43.9 Å². The van der Waals surface area contributed by atoms with Crippen molar-refractivity contribution in [3.05, 3.63) is 36.2 Å². The molecule has 3 nitrogen and oxygen atoms in total. The fourth-order valence-electron chi connectivity index (χ4n) is 1.94. The SMILES string of the molecule is CCCCNc1nc(C)cn1-c1ccc(SC)cc1. The average Bonchev–Trinajstić information content (AvgIpc) is 2.80. The number of aryl methyl sites for hydroxylation is 1. The van der Waals surface area contributed by atoms with Crippen LogP contribution in [0.2, 0.25) is 0 Å². The van der Waals surface area contributed by atoms with E-state index in [1.807, 2.05) is 6.92 Å². The number of anilines is 1. The van der Waals surface area contributed by atoms with Gasteiger partial charge in [-0.3, -0.25) is 4.57 Å². The molecule has 1 N–H and O–H groups in total. The molecule has 0 fully saturated rings. The Morgan fingerprint density at radius 1 is 1.26 bits per heavy atom. The van der Waals surface area contributed by atoms with E-state index in [9.17, 15) is 0 Å². The van der Waals surface area contributed by atoms with E-state index in [-0.39, 0.29) is 0 Å². The molecule has 1 aromatic carbocycles. The minimum absolute atomic E-state index is 0.933. The van der Waals surface area contributed by atoms with Gasteiger partial charge in [-0.25, -0.2) is 4.98 Å². The summed E-state index contributed by atoms with van der Waals surface area (Å²) in [5.74, 6) is 0.933. The van der Waals surface area contributed by atoms with Crippen LogP contribution in [-0.2, 0) is 0 Å². The van der Waals surface area contributed by atoms with Crippen molar-refractivity contribution in [1.29, 1.82) is 0 Å². The minimum atomic E-state index is 0.933. The fraction of sp³-hybridized carbons (Fsp3) is 0.400. The van der Waals surface area contributed by atoms with E-state index in [0.29, 0.717) is 0 Å². The highest BCUT2D eigenvalue weighted by molar-refractivity contribution is 7.98. The van der Waals surface area contributed by atoms with Crippen molar-refractivity contribution < 1.29 is 0 Å². The van der Waals surface area contributed by atoms with Crippen molar-refractivity contribution in [1.82, 2.24) is 9.55 Å². The van der Waals surface area contributed by atoms with Crippen LogP contribution in [0.1, 0.15) is 25.5 Å². The molecule has 1 aromatic heterocycles. The van der Waals surface area contributed by atoms with E-state index in [0.717, 1.165) is 30.3 Å². The molecular formula is C15H21N3S. The molecular weight excluding hydrogens is 254 g/mol. The Balaban J connectivity index is 2.22. The zero-order valence-electron chi connectivity index (χ0n) is 11.8. The monoisotopic (exact) mass is 275 g/mol. The zero-order valence-corrected chi connectivity index (χ0v) is 12.6. The average molecular weight is 275 g/mol. The highest BCUT2D eigenvalue weighted by Gasteiger charge is 2.06. The van der Waals surface area contributed by atoms with Crippen LogP contribution in [0.15, 0.2) is 35.4 Å². The number of hydrogen-bond acceptors (Lipinski definition) is 3. The predicted molar refractivity (Wildman–Crippen MR) is 83.5 cm³/mol. The first kappa shape index (κ1) is 14.0. The summed E-state index contributed by atoms with van der Waals surface area (Å²) in [5, 5.41) is 3.41. The first-order valence-electron chi connectivity index (χ1n) is 6.69. The molecule has 2 aromatic rings. The molecule has 1 heterocycles. The minimum Gasteiger partial charge on any atom is -0.355 e. The number of nitrogens with one attached hydrogen (secondary N) is 1. The van der Waals surface area contributed by atoms with E-state index in [4.69, 9.17) is 0 Å². The molecule has 0 unspecified atom stereocenters. The molecule has 4 heteroatoms. The summed E-state index contributed by atoms with van der Waals surface area (Å²) in [6, 6.07) is 8.56. The predicted octanol–water partition coefficient (Wildman–Crippen LogP) is 4.11. The van der Waals surface area contributed by atoms with Crippen molar-refractivity contribution in [3.63, 3.8) is 0 Å². The highest BCUT2D eigenvalue weighted by atomic mass is 32.2. The summed E-state index contributed by atoms with van der Waals surface area (Å²) in [4.78, 5) is 5.83. The Morgan fingerprint density at radius 2 is 2.00 bits per heavy atom. The lowest BCUT2D eigenvalue weighted by molar-refractivity contribution is 0.823. The van der Waals surface area contributed by atoms with Crippen LogP contribution in [0.25, 0.3) is 5.69 Å². The van der Waals surface area contributed by atoms with E-state index < -0.39 is 0 Å². The molecule has 0 atom stereocenters. The van der Waals surface area contributed by atoms with Crippen molar-refractivity contribution in [2.75, 3.05) is 18.1 Å². The Morgan fingerprint density at radius 3 is 2.63 bits per heavy atom. The van der Waals surface area contributed by atoms with Crippen molar-refractivity contribution in [2.24, 2.45) is 0 Å². The first-order valence-corrected chi connectivity index (χ1v) is 7.91. The maximum atomic E-state index is 4.55. The summed E-state index contributed by atoms with van der Waals surface area (Å²) in [6.07, 6.45) is 6.52. The van der Waals surface area contributed by atoms with E-state index in [2.05, 4.69) is 58.5 Å². The number of nitrogens with zero attached hydrogens (tertiary/aromatic N) is 2. The third kappa shape index (κ3) is 3.53. The lowest BCUT2D eigenvalue weighted by Gasteiger charge is -2.09. The molecule has 0 radical (unpaired) electrons. The Labute approximate surface area is 119 Å². The summed E-state index contributed by atoms with van der Waals surface area (Å²) in [7, 11) is 0. The molecule has 0 aliphatic rings. The van der Waals surface area contributed by atoms with Gasteiger partial charge < -0.3 is 5.32 Å². The number of imidazole rings is 1. The van der Waals surface area contributed by atoms with Gasteiger partial charge in [0.2, 0.25) is 5.95 Å².